The topological polar surface area (TPSA) is 210 Å². The lowest BCUT2D eigenvalue weighted by Gasteiger charge is -2.45. The van der Waals surface area contributed by atoms with Crippen molar-refractivity contribution in [3.8, 4) is 0 Å². The number of hydrogen-bond donors (Lipinski definition) is 9. The Hall–Kier alpha value is -0.480. The van der Waals surface area contributed by atoms with Gasteiger partial charge in [0.2, 0.25) is 0 Å². The Bertz CT molecular complexity index is 421. The van der Waals surface area contributed by atoms with E-state index in [1.807, 2.05) is 0 Å². The SMILES string of the molecule is OC[C@H](O)[C@H]1O[C@H](O[C@@]2(O)O[C@H](CO)[C@@H](O)[C@H](O)[C@H]2O)[C@H](O)[C@H]1O. The maximum atomic E-state index is 10.2. The van der Waals surface area contributed by atoms with Crippen molar-refractivity contribution in [3.05, 3.63) is 0 Å². The number of ether oxygens (including phenoxy) is 3. The van der Waals surface area contributed by atoms with Gasteiger partial charge in [-0.1, -0.05) is 0 Å². The maximum Gasteiger partial charge on any atom is 0.313 e. The average molecular weight is 358 g/mol. The predicted octanol–water partition coefficient (Wildman–Crippen LogP) is -6.08. The summed E-state index contributed by atoms with van der Waals surface area (Å²) in [5.74, 6) is -2.99. The molecule has 10 atom stereocenters. The van der Waals surface area contributed by atoms with Crippen LogP contribution in [0.25, 0.3) is 0 Å². The van der Waals surface area contributed by atoms with Crippen LogP contribution in [0.5, 0.6) is 0 Å². The molecular weight excluding hydrogens is 336 g/mol. The Morgan fingerprint density at radius 1 is 0.958 bits per heavy atom. The van der Waals surface area contributed by atoms with Gasteiger partial charge in [0.15, 0.2) is 12.4 Å². The van der Waals surface area contributed by atoms with Crippen molar-refractivity contribution >= 4 is 0 Å². The molecule has 24 heavy (non-hydrogen) atoms. The van der Waals surface area contributed by atoms with Crippen LogP contribution in [0.2, 0.25) is 0 Å². The van der Waals surface area contributed by atoms with Crippen LogP contribution in [0.3, 0.4) is 0 Å². The van der Waals surface area contributed by atoms with Gasteiger partial charge in [0.05, 0.1) is 13.2 Å². The van der Waals surface area contributed by atoms with Crippen LogP contribution < -0.4 is 0 Å². The van der Waals surface area contributed by atoms with Gasteiger partial charge in [-0.25, -0.2) is 0 Å². The third-order valence-electron chi connectivity index (χ3n) is 4.04. The molecule has 9 N–H and O–H groups in total. The Morgan fingerprint density at radius 3 is 2.12 bits per heavy atom. The van der Waals surface area contributed by atoms with E-state index >= 15 is 0 Å². The highest BCUT2D eigenvalue weighted by molar-refractivity contribution is 4.95. The minimum Gasteiger partial charge on any atom is -0.394 e. The largest absolute Gasteiger partial charge is 0.394 e. The van der Waals surface area contributed by atoms with Crippen LogP contribution >= 0.6 is 0 Å². The molecule has 0 aromatic heterocycles. The van der Waals surface area contributed by atoms with Gasteiger partial charge in [0.1, 0.15) is 42.7 Å². The van der Waals surface area contributed by atoms with E-state index in [0.717, 1.165) is 0 Å². The zero-order valence-electron chi connectivity index (χ0n) is 12.4. The smallest absolute Gasteiger partial charge is 0.313 e. The Balaban J connectivity index is 2.13. The van der Waals surface area contributed by atoms with Crippen molar-refractivity contribution < 1.29 is 60.2 Å². The summed E-state index contributed by atoms with van der Waals surface area (Å²) < 4.78 is 14.7. The van der Waals surface area contributed by atoms with Crippen molar-refractivity contribution in [1.82, 2.24) is 0 Å². The summed E-state index contributed by atoms with van der Waals surface area (Å²) in [7, 11) is 0. The lowest BCUT2D eigenvalue weighted by atomic mass is 9.98. The van der Waals surface area contributed by atoms with Crippen molar-refractivity contribution in [2.75, 3.05) is 13.2 Å². The van der Waals surface area contributed by atoms with Crippen LogP contribution in [0.4, 0.5) is 0 Å². The van der Waals surface area contributed by atoms with Crippen molar-refractivity contribution in [2.24, 2.45) is 0 Å². The van der Waals surface area contributed by atoms with Crippen LogP contribution in [0.15, 0.2) is 0 Å². The van der Waals surface area contributed by atoms with E-state index in [9.17, 15) is 35.7 Å². The fourth-order valence-electron chi connectivity index (χ4n) is 2.58. The highest BCUT2D eigenvalue weighted by Crippen LogP contribution is 2.34. The van der Waals surface area contributed by atoms with Crippen LogP contribution in [0.1, 0.15) is 0 Å². The van der Waals surface area contributed by atoms with E-state index in [1.165, 1.54) is 0 Å². The Morgan fingerprint density at radius 2 is 1.58 bits per heavy atom. The third-order valence-corrected chi connectivity index (χ3v) is 4.04. The molecule has 2 heterocycles. The zero-order chi connectivity index (χ0) is 18.2. The molecule has 12 nitrogen and oxygen atoms in total. The first-order valence-electron chi connectivity index (χ1n) is 7.19. The van der Waals surface area contributed by atoms with Gasteiger partial charge in [-0.2, -0.15) is 0 Å². The number of aliphatic hydroxyl groups is 9. The first kappa shape index (κ1) is 19.8. The Labute approximate surface area is 135 Å². The summed E-state index contributed by atoms with van der Waals surface area (Å²) >= 11 is 0. The molecule has 0 aromatic rings. The van der Waals surface area contributed by atoms with Crippen molar-refractivity contribution in [1.29, 1.82) is 0 Å². The summed E-state index contributed by atoms with van der Waals surface area (Å²) in [5, 5.41) is 86.4. The highest BCUT2D eigenvalue weighted by Gasteiger charge is 2.58. The third kappa shape index (κ3) is 3.41. The summed E-state index contributed by atoms with van der Waals surface area (Å²) in [6.07, 6.45) is -15.7. The quantitative estimate of drug-likeness (QED) is 0.210. The minimum absolute atomic E-state index is 0.790. The van der Waals surface area contributed by atoms with E-state index in [0.29, 0.717) is 0 Å². The fraction of sp³-hybridized carbons (Fsp3) is 1.00. The van der Waals surface area contributed by atoms with E-state index in [2.05, 4.69) is 0 Å². The number of aliphatic hydroxyl groups excluding tert-OH is 8. The highest BCUT2D eigenvalue weighted by atomic mass is 16.9. The molecule has 2 rings (SSSR count). The summed E-state index contributed by atoms with van der Waals surface area (Å²) in [4.78, 5) is 0. The van der Waals surface area contributed by atoms with Crippen LogP contribution in [-0.4, -0.2) is 120 Å². The zero-order valence-corrected chi connectivity index (χ0v) is 12.4. The average Bonchev–Trinajstić information content (AvgIpc) is 2.84. The van der Waals surface area contributed by atoms with Gasteiger partial charge < -0.3 is 55.4 Å². The molecule has 0 amide bonds. The van der Waals surface area contributed by atoms with Gasteiger partial charge in [0.25, 0.3) is 0 Å². The molecule has 0 radical (unpaired) electrons. The molecule has 2 fully saturated rings. The molecule has 0 spiro atoms. The van der Waals surface area contributed by atoms with Crippen molar-refractivity contribution in [2.45, 2.75) is 61.1 Å². The molecule has 2 saturated heterocycles. The molecule has 0 saturated carbocycles. The van der Waals surface area contributed by atoms with Gasteiger partial charge in [0, 0.05) is 0 Å². The molecule has 0 aromatic carbocycles. The molecular formula is C12H22O12. The molecule has 2 aliphatic rings. The standard InChI is InChI=1S/C12H22O12/c13-1-3(15)9-6(17)8(19)11(22-9)24-12(21)10(20)7(18)5(16)4(2-14)23-12/h3-11,13-21H,1-2H2/t3-,4+,5+,6+,7-,8+,9+,10+,11+,12-/m0/s1. The molecule has 0 unspecified atom stereocenters. The lowest BCUT2D eigenvalue weighted by Crippen LogP contribution is -2.67. The van der Waals surface area contributed by atoms with Gasteiger partial charge in [-0.15, -0.1) is 0 Å². The molecule has 0 aliphatic carbocycles. The lowest BCUT2D eigenvalue weighted by molar-refractivity contribution is -0.476. The number of rotatable bonds is 5. The summed E-state index contributed by atoms with van der Waals surface area (Å²) in [6, 6.07) is 0. The summed E-state index contributed by atoms with van der Waals surface area (Å²) in [5.41, 5.74) is 0. The molecule has 142 valence electrons. The van der Waals surface area contributed by atoms with E-state index in [4.69, 9.17) is 24.4 Å². The monoisotopic (exact) mass is 358 g/mol. The first-order chi connectivity index (χ1) is 11.2. The van der Waals surface area contributed by atoms with Gasteiger partial charge in [-0.3, -0.25) is 4.74 Å². The minimum atomic E-state index is -2.99. The van der Waals surface area contributed by atoms with Gasteiger partial charge >= 0.3 is 5.97 Å². The fourth-order valence-corrected chi connectivity index (χ4v) is 2.58. The van der Waals surface area contributed by atoms with Crippen LogP contribution in [-0.2, 0) is 14.2 Å². The first-order valence-corrected chi connectivity index (χ1v) is 7.19. The second-order valence-corrected chi connectivity index (χ2v) is 5.71. The van der Waals surface area contributed by atoms with E-state index in [1.54, 1.807) is 0 Å². The molecule has 2 aliphatic heterocycles. The van der Waals surface area contributed by atoms with Crippen LogP contribution in [0, 0.1) is 0 Å². The molecule has 12 heteroatoms. The Kier molecular flexibility index (Phi) is 6.12. The molecule has 0 bridgehead atoms. The summed E-state index contributed by atoms with van der Waals surface area (Å²) in [6.45, 7) is -1.62. The second kappa shape index (κ2) is 7.41. The number of hydrogen-bond acceptors (Lipinski definition) is 12. The predicted molar refractivity (Wildman–Crippen MR) is 69.8 cm³/mol. The van der Waals surface area contributed by atoms with Gasteiger partial charge in [-0.05, 0) is 0 Å². The second-order valence-electron chi connectivity index (χ2n) is 5.71. The maximum absolute atomic E-state index is 10.2. The normalized spacial score (nSPS) is 50.9. The van der Waals surface area contributed by atoms with E-state index in [-0.39, 0.29) is 0 Å². The van der Waals surface area contributed by atoms with E-state index < -0.39 is 74.3 Å². The van der Waals surface area contributed by atoms with Crippen molar-refractivity contribution in [3.63, 3.8) is 0 Å².